The van der Waals surface area contributed by atoms with Crippen LogP contribution in [0.5, 0.6) is 0 Å². The van der Waals surface area contributed by atoms with E-state index in [1.165, 1.54) is 53.7 Å². The lowest BCUT2D eigenvalue weighted by molar-refractivity contribution is 0.0702. The fourth-order valence-corrected chi connectivity index (χ4v) is 6.54. The Balaban J connectivity index is 1.72. The summed E-state index contributed by atoms with van der Waals surface area (Å²) in [5.41, 5.74) is 6.14. The fraction of sp³-hybridized carbons (Fsp3) is 0.630. The molecule has 2 aromatic heterocycles. The van der Waals surface area contributed by atoms with Gasteiger partial charge in [0.2, 0.25) is 0 Å². The molecule has 0 amide bonds. The van der Waals surface area contributed by atoms with Crippen molar-refractivity contribution in [2.24, 2.45) is 18.9 Å². The fourth-order valence-electron chi connectivity index (χ4n) is 5.46. The number of aromatic nitrogens is 2. The Labute approximate surface area is 202 Å². The van der Waals surface area contributed by atoms with Crippen molar-refractivity contribution in [3.63, 3.8) is 0 Å². The Kier molecular flexibility index (Phi) is 6.88. The number of carbonyl (C=O) groups is 1. The van der Waals surface area contributed by atoms with E-state index < -0.39 is 5.97 Å². The summed E-state index contributed by atoms with van der Waals surface area (Å²) in [6, 6.07) is 2.19. The van der Waals surface area contributed by atoms with Crippen molar-refractivity contribution in [3.8, 4) is 0 Å². The van der Waals surface area contributed by atoms with Crippen LogP contribution in [0.4, 0.5) is 0 Å². The molecule has 0 spiro atoms. The van der Waals surface area contributed by atoms with Gasteiger partial charge in [0.15, 0.2) is 0 Å². The van der Waals surface area contributed by atoms with Crippen molar-refractivity contribution in [1.82, 2.24) is 14.7 Å². The zero-order chi connectivity index (χ0) is 23.9. The molecule has 1 fully saturated rings. The van der Waals surface area contributed by atoms with Gasteiger partial charge in [-0.1, -0.05) is 40.5 Å². The molecule has 6 heteroatoms. The number of hydrogen-bond acceptors (Lipinski definition) is 4. The number of carboxylic acid groups (broad SMARTS) is 1. The van der Waals surface area contributed by atoms with Crippen molar-refractivity contribution in [2.45, 2.75) is 78.7 Å². The summed E-state index contributed by atoms with van der Waals surface area (Å²) < 4.78 is 1.90. The number of hydrogen-bond donors (Lipinski definition) is 1. The third-order valence-electron chi connectivity index (χ3n) is 7.47. The predicted octanol–water partition coefficient (Wildman–Crippen LogP) is 6.27. The van der Waals surface area contributed by atoms with Crippen LogP contribution >= 0.6 is 11.3 Å². The van der Waals surface area contributed by atoms with E-state index in [1.807, 2.05) is 11.7 Å². The van der Waals surface area contributed by atoms with Gasteiger partial charge < -0.3 is 5.11 Å². The summed E-state index contributed by atoms with van der Waals surface area (Å²) in [7, 11) is 1.98. The Hall–Kier alpha value is -1.92. The van der Waals surface area contributed by atoms with Gasteiger partial charge in [0.05, 0.1) is 5.69 Å². The summed E-state index contributed by atoms with van der Waals surface area (Å²) in [5.74, 6) is 0.572. The van der Waals surface area contributed by atoms with Gasteiger partial charge >= 0.3 is 5.97 Å². The highest BCUT2D eigenvalue weighted by Gasteiger charge is 2.32. The lowest BCUT2D eigenvalue weighted by Crippen LogP contribution is -2.34. The molecular weight excluding hydrogens is 430 g/mol. The van der Waals surface area contributed by atoms with Crippen molar-refractivity contribution >= 4 is 22.9 Å². The number of aryl methyl sites for hydroxylation is 2. The van der Waals surface area contributed by atoms with Crippen LogP contribution in [0.3, 0.4) is 0 Å². The number of carboxylic acids is 1. The lowest BCUT2D eigenvalue weighted by atomic mass is 9.75. The molecule has 1 aliphatic heterocycles. The maximum Gasteiger partial charge on any atom is 0.346 e. The molecule has 1 N–H and O–H groups in total. The summed E-state index contributed by atoms with van der Waals surface area (Å²) in [6.45, 7) is 13.8. The Morgan fingerprint density at radius 2 is 1.94 bits per heavy atom. The zero-order valence-corrected chi connectivity index (χ0v) is 21.9. The third kappa shape index (κ3) is 5.27. The van der Waals surface area contributed by atoms with Crippen LogP contribution in [-0.4, -0.2) is 38.8 Å². The Morgan fingerprint density at radius 1 is 1.24 bits per heavy atom. The van der Waals surface area contributed by atoms with Crippen LogP contribution in [-0.2, 0) is 19.0 Å². The third-order valence-corrected chi connectivity index (χ3v) is 9.02. The van der Waals surface area contributed by atoms with Crippen LogP contribution in [0.1, 0.15) is 91.2 Å². The Bertz CT molecular complexity index is 1050. The van der Waals surface area contributed by atoms with Gasteiger partial charge in [0.1, 0.15) is 4.88 Å². The SMILES string of the molecule is Cc1nn(C)cc1CN1CCC(c2cc(C(C)(C)C)sc2C(=O)O)=C(C2CCC(C)CC2)C1. The summed E-state index contributed by atoms with van der Waals surface area (Å²) >= 11 is 1.47. The first-order valence-corrected chi connectivity index (χ1v) is 13.2. The zero-order valence-electron chi connectivity index (χ0n) is 21.1. The van der Waals surface area contributed by atoms with E-state index in [0.717, 1.165) is 48.1 Å². The molecule has 0 unspecified atom stereocenters. The summed E-state index contributed by atoms with van der Waals surface area (Å²) in [5, 5.41) is 14.6. The van der Waals surface area contributed by atoms with E-state index >= 15 is 0 Å². The van der Waals surface area contributed by atoms with E-state index in [-0.39, 0.29) is 5.41 Å². The lowest BCUT2D eigenvalue weighted by Gasteiger charge is -2.37. The second-order valence-electron chi connectivity index (χ2n) is 11.2. The molecule has 2 aromatic rings. The molecule has 3 heterocycles. The average molecular weight is 470 g/mol. The number of aromatic carboxylic acids is 1. The van der Waals surface area contributed by atoms with E-state index in [0.29, 0.717) is 10.8 Å². The topological polar surface area (TPSA) is 58.4 Å². The van der Waals surface area contributed by atoms with Crippen LogP contribution in [0, 0.1) is 18.8 Å². The van der Waals surface area contributed by atoms with E-state index in [4.69, 9.17) is 0 Å². The molecule has 0 radical (unpaired) electrons. The monoisotopic (exact) mass is 469 g/mol. The molecule has 5 nitrogen and oxygen atoms in total. The number of rotatable bonds is 5. The van der Waals surface area contributed by atoms with Crippen LogP contribution in [0.15, 0.2) is 17.8 Å². The average Bonchev–Trinajstić information content (AvgIpc) is 3.32. The van der Waals surface area contributed by atoms with E-state index in [9.17, 15) is 9.90 Å². The molecule has 0 aromatic carbocycles. The highest BCUT2D eigenvalue weighted by atomic mass is 32.1. The highest BCUT2D eigenvalue weighted by Crippen LogP contribution is 2.43. The van der Waals surface area contributed by atoms with Crippen LogP contribution in [0.2, 0.25) is 0 Å². The van der Waals surface area contributed by atoms with Gasteiger partial charge in [-0.3, -0.25) is 9.58 Å². The summed E-state index contributed by atoms with van der Waals surface area (Å²) in [4.78, 5) is 16.5. The largest absolute Gasteiger partial charge is 0.477 e. The second kappa shape index (κ2) is 9.38. The molecular formula is C27H39N3O2S. The summed E-state index contributed by atoms with van der Waals surface area (Å²) in [6.07, 6.45) is 8.03. The van der Waals surface area contributed by atoms with Gasteiger partial charge in [0.25, 0.3) is 0 Å². The van der Waals surface area contributed by atoms with E-state index in [1.54, 1.807) is 0 Å². The van der Waals surface area contributed by atoms with Crippen LogP contribution < -0.4 is 0 Å². The predicted molar refractivity (Wildman–Crippen MR) is 136 cm³/mol. The molecule has 0 saturated heterocycles. The molecule has 0 atom stereocenters. The van der Waals surface area contributed by atoms with Gasteiger partial charge in [0, 0.05) is 48.9 Å². The maximum atomic E-state index is 12.2. The second-order valence-corrected chi connectivity index (χ2v) is 12.3. The first-order chi connectivity index (χ1) is 15.5. The van der Waals surface area contributed by atoms with Crippen molar-refractivity contribution < 1.29 is 9.90 Å². The van der Waals surface area contributed by atoms with Gasteiger partial charge in [-0.15, -0.1) is 11.3 Å². The maximum absolute atomic E-state index is 12.2. The molecule has 2 aliphatic rings. The van der Waals surface area contributed by atoms with E-state index in [2.05, 4.69) is 56.9 Å². The molecule has 180 valence electrons. The minimum Gasteiger partial charge on any atom is -0.477 e. The minimum atomic E-state index is -0.789. The molecule has 0 bridgehead atoms. The molecule has 1 aliphatic carbocycles. The molecule has 33 heavy (non-hydrogen) atoms. The van der Waals surface area contributed by atoms with Crippen molar-refractivity contribution in [1.29, 1.82) is 0 Å². The quantitative estimate of drug-likeness (QED) is 0.560. The first kappa shape index (κ1) is 24.2. The highest BCUT2D eigenvalue weighted by molar-refractivity contribution is 7.14. The van der Waals surface area contributed by atoms with Crippen molar-refractivity contribution in [2.75, 3.05) is 13.1 Å². The molecule has 1 saturated carbocycles. The first-order valence-electron chi connectivity index (χ1n) is 12.3. The normalized spacial score (nSPS) is 22.7. The minimum absolute atomic E-state index is 0.0490. The van der Waals surface area contributed by atoms with Gasteiger partial charge in [-0.25, -0.2) is 4.79 Å². The van der Waals surface area contributed by atoms with Crippen LogP contribution in [0.25, 0.3) is 5.57 Å². The van der Waals surface area contributed by atoms with Gasteiger partial charge in [-0.05, 0) is 60.6 Å². The Morgan fingerprint density at radius 3 is 2.52 bits per heavy atom. The van der Waals surface area contributed by atoms with Gasteiger partial charge in [-0.2, -0.15) is 5.10 Å². The molecule has 4 rings (SSSR count). The number of nitrogens with zero attached hydrogens (tertiary/aromatic N) is 3. The standard InChI is InChI=1S/C27H39N3O2S/c1-17-7-9-19(10-8-17)23-16-30(15-20-14-29(6)28-18(20)2)12-11-21(23)22-13-24(27(3,4)5)33-25(22)26(31)32/h13-14,17,19H,7-12,15-16H2,1-6H3,(H,31,32). The van der Waals surface area contributed by atoms with Crippen molar-refractivity contribution in [3.05, 3.63) is 44.4 Å². The number of thiophene rings is 1. The smallest absolute Gasteiger partial charge is 0.346 e.